The molecule has 3 nitrogen and oxygen atoms in total. The molecule has 76 valence electrons. The topological polar surface area (TPSA) is 40.5 Å². The van der Waals surface area contributed by atoms with Crippen molar-refractivity contribution in [2.45, 2.75) is 38.4 Å². The normalized spacial score (nSPS) is 28.0. The summed E-state index contributed by atoms with van der Waals surface area (Å²) in [6.45, 7) is 2.92. The standard InChI is InChI=1S/C9H16FNO2/c1-7(9(12)13)11-5-2-3-8(10)4-6-11/h7-8H,2-6H2,1H3,(H,12,13). The van der Waals surface area contributed by atoms with Crippen molar-refractivity contribution in [3.63, 3.8) is 0 Å². The maximum absolute atomic E-state index is 12.9. The lowest BCUT2D eigenvalue weighted by Gasteiger charge is -2.23. The number of halogens is 1. The molecule has 2 atom stereocenters. The van der Waals surface area contributed by atoms with Gasteiger partial charge < -0.3 is 5.11 Å². The zero-order valence-electron chi connectivity index (χ0n) is 7.87. The molecule has 4 heteroatoms. The lowest BCUT2D eigenvalue weighted by atomic mass is 10.2. The van der Waals surface area contributed by atoms with E-state index in [-0.39, 0.29) is 0 Å². The summed E-state index contributed by atoms with van der Waals surface area (Å²) in [6.07, 6.45) is 1.06. The first-order valence-corrected chi connectivity index (χ1v) is 4.72. The van der Waals surface area contributed by atoms with Crippen LogP contribution >= 0.6 is 0 Å². The summed E-state index contributed by atoms with van der Waals surface area (Å²) in [6, 6.07) is -0.481. The molecular formula is C9H16FNO2. The maximum Gasteiger partial charge on any atom is 0.320 e. The summed E-state index contributed by atoms with van der Waals surface area (Å²) in [5.74, 6) is -0.822. The molecule has 1 saturated heterocycles. The summed E-state index contributed by atoms with van der Waals surface area (Å²) in [5.41, 5.74) is 0. The van der Waals surface area contributed by atoms with Crippen molar-refractivity contribution in [2.24, 2.45) is 0 Å². The van der Waals surface area contributed by atoms with Crippen LogP contribution in [0.2, 0.25) is 0 Å². The highest BCUT2D eigenvalue weighted by Gasteiger charge is 2.23. The fraction of sp³-hybridized carbons (Fsp3) is 0.889. The Morgan fingerprint density at radius 2 is 2.23 bits per heavy atom. The Labute approximate surface area is 77.5 Å². The Hall–Kier alpha value is -0.640. The zero-order chi connectivity index (χ0) is 9.84. The van der Waals surface area contributed by atoms with Crippen LogP contribution < -0.4 is 0 Å². The second kappa shape index (κ2) is 4.56. The molecule has 0 aromatic carbocycles. The minimum atomic E-state index is -0.822. The Bertz CT molecular complexity index is 186. The Balaban J connectivity index is 2.46. The number of carbonyl (C=O) groups is 1. The SMILES string of the molecule is CC(C(=O)O)N1CCCC(F)CC1. The highest BCUT2D eigenvalue weighted by atomic mass is 19.1. The van der Waals surface area contributed by atoms with Crippen molar-refractivity contribution in [3.8, 4) is 0 Å². The minimum Gasteiger partial charge on any atom is -0.480 e. The summed E-state index contributed by atoms with van der Waals surface area (Å²) in [4.78, 5) is 12.5. The van der Waals surface area contributed by atoms with Gasteiger partial charge in [-0.3, -0.25) is 9.69 Å². The van der Waals surface area contributed by atoms with Crippen molar-refractivity contribution in [3.05, 3.63) is 0 Å². The molecule has 0 aromatic heterocycles. The first-order valence-electron chi connectivity index (χ1n) is 4.72. The predicted octanol–water partition coefficient (Wildman–Crippen LogP) is 1.28. The highest BCUT2D eigenvalue weighted by molar-refractivity contribution is 5.72. The predicted molar refractivity (Wildman–Crippen MR) is 47.4 cm³/mol. The number of hydrogen-bond donors (Lipinski definition) is 1. The number of carboxylic acid groups (broad SMARTS) is 1. The number of alkyl halides is 1. The molecule has 0 aliphatic carbocycles. The van der Waals surface area contributed by atoms with E-state index in [4.69, 9.17) is 5.11 Å². The number of nitrogens with zero attached hydrogens (tertiary/aromatic N) is 1. The van der Waals surface area contributed by atoms with Crippen molar-refractivity contribution < 1.29 is 14.3 Å². The lowest BCUT2D eigenvalue weighted by Crippen LogP contribution is -2.39. The average Bonchev–Trinajstić information content (AvgIpc) is 2.28. The molecule has 1 aliphatic heterocycles. The number of rotatable bonds is 2. The number of likely N-dealkylation sites (tertiary alicyclic amines) is 1. The van der Waals surface area contributed by atoms with E-state index in [1.807, 2.05) is 4.90 Å². The average molecular weight is 189 g/mol. The third-order valence-corrected chi connectivity index (χ3v) is 2.60. The number of carboxylic acids is 1. The van der Waals surface area contributed by atoms with Gasteiger partial charge in [0.25, 0.3) is 0 Å². The van der Waals surface area contributed by atoms with E-state index in [1.54, 1.807) is 6.92 Å². The first kappa shape index (κ1) is 10.4. The third kappa shape index (κ3) is 2.95. The van der Waals surface area contributed by atoms with Crippen LogP contribution in [0.5, 0.6) is 0 Å². The number of aliphatic carboxylic acids is 1. The van der Waals surface area contributed by atoms with Crippen LogP contribution in [-0.4, -0.2) is 41.3 Å². The zero-order valence-corrected chi connectivity index (χ0v) is 7.87. The third-order valence-electron chi connectivity index (χ3n) is 2.60. The van der Waals surface area contributed by atoms with Gasteiger partial charge in [-0.05, 0) is 32.7 Å². The van der Waals surface area contributed by atoms with Crippen LogP contribution in [0.4, 0.5) is 4.39 Å². The molecule has 1 fully saturated rings. The van der Waals surface area contributed by atoms with Gasteiger partial charge >= 0.3 is 5.97 Å². The molecular weight excluding hydrogens is 173 g/mol. The molecule has 1 N–H and O–H groups in total. The monoisotopic (exact) mass is 189 g/mol. The van der Waals surface area contributed by atoms with Crippen molar-refractivity contribution in [1.82, 2.24) is 4.90 Å². The molecule has 2 unspecified atom stereocenters. The Kier molecular flexibility index (Phi) is 3.66. The maximum atomic E-state index is 12.9. The van der Waals surface area contributed by atoms with Crippen LogP contribution in [0, 0.1) is 0 Å². The Morgan fingerprint density at radius 1 is 1.54 bits per heavy atom. The van der Waals surface area contributed by atoms with Gasteiger partial charge in [0.1, 0.15) is 12.2 Å². The van der Waals surface area contributed by atoms with Gasteiger partial charge in [0.15, 0.2) is 0 Å². The van der Waals surface area contributed by atoms with E-state index in [9.17, 15) is 9.18 Å². The Morgan fingerprint density at radius 3 is 2.85 bits per heavy atom. The van der Waals surface area contributed by atoms with Crippen LogP contribution in [0.25, 0.3) is 0 Å². The fourth-order valence-electron chi connectivity index (χ4n) is 1.62. The molecule has 0 aromatic rings. The molecule has 0 bridgehead atoms. The molecule has 0 saturated carbocycles. The first-order chi connectivity index (χ1) is 6.11. The molecule has 1 aliphatic rings. The van der Waals surface area contributed by atoms with Crippen molar-refractivity contribution >= 4 is 5.97 Å². The molecule has 13 heavy (non-hydrogen) atoms. The van der Waals surface area contributed by atoms with Gasteiger partial charge in [0.2, 0.25) is 0 Å². The molecule has 1 rings (SSSR count). The summed E-state index contributed by atoms with van der Waals surface area (Å²) in [5, 5.41) is 8.76. The lowest BCUT2D eigenvalue weighted by molar-refractivity contribution is -0.142. The minimum absolute atomic E-state index is 0.470. The van der Waals surface area contributed by atoms with Gasteiger partial charge in [-0.2, -0.15) is 0 Å². The smallest absolute Gasteiger partial charge is 0.320 e. The molecule has 0 amide bonds. The summed E-state index contributed by atoms with van der Waals surface area (Å²) >= 11 is 0. The summed E-state index contributed by atoms with van der Waals surface area (Å²) < 4.78 is 12.9. The quantitative estimate of drug-likeness (QED) is 0.711. The van der Waals surface area contributed by atoms with E-state index in [0.29, 0.717) is 25.9 Å². The second-order valence-electron chi connectivity index (χ2n) is 3.58. The van der Waals surface area contributed by atoms with Crippen LogP contribution in [0.15, 0.2) is 0 Å². The largest absolute Gasteiger partial charge is 0.480 e. The van der Waals surface area contributed by atoms with Gasteiger partial charge in [-0.1, -0.05) is 0 Å². The van der Waals surface area contributed by atoms with Crippen molar-refractivity contribution in [1.29, 1.82) is 0 Å². The molecule has 1 heterocycles. The summed E-state index contributed by atoms with van der Waals surface area (Å²) in [7, 11) is 0. The van der Waals surface area contributed by atoms with Gasteiger partial charge in [-0.15, -0.1) is 0 Å². The fourth-order valence-corrected chi connectivity index (χ4v) is 1.62. The molecule has 0 radical (unpaired) electrons. The van der Waals surface area contributed by atoms with Crippen LogP contribution in [0.3, 0.4) is 0 Å². The van der Waals surface area contributed by atoms with Crippen molar-refractivity contribution in [2.75, 3.05) is 13.1 Å². The van der Waals surface area contributed by atoms with Crippen LogP contribution in [0.1, 0.15) is 26.2 Å². The van der Waals surface area contributed by atoms with E-state index < -0.39 is 18.2 Å². The van der Waals surface area contributed by atoms with E-state index >= 15 is 0 Å². The van der Waals surface area contributed by atoms with E-state index in [1.165, 1.54) is 0 Å². The van der Waals surface area contributed by atoms with Gasteiger partial charge in [0, 0.05) is 6.54 Å². The van der Waals surface area contributed by atoms with Gasteiger partial charge in [0.05, 0.1) is 0 Å². The highest BCUT2D eigenvalue weighted by Crippen LogP contribution is 2.15. The number of hydrogen-bond acceptors (Lipinski definition) is 2. The van der Waals surface area contributed by atoms with Crippen LogP contribution in [-0.2, 0) is 4.79 Å². The second-order valence-corrected chi connectivity index (χ2v) is 3.58. The van der Waals surface area contributed by atoms with E-state index in [2.05, 4.69) is 0 Å². The van der Waals surface area contributed by atoms with Gasteiger partial charge in [-0.25, -0.2) is 4.39 Å². The molecule has 0 spiro atoms. The van der Waals surface area contributed by atoms with E-state index in [0.717, 1.165) is 6.42 Å².